The molecule has 1 heterocycles. The fourth-order valence-corrected chi connectivity index (χ4v) is 2.46. The molecule has 0 aromatic heterocycles. The van der Waals surface area contributed by atoms with E-state index < -0.39 is 0 Å². The molecule has 1 aliphatic heterocycles. The first-order valence-corrected chi connectivity index (χ1v) is 6.62. The number of amides is 1. The number of carbonyl (C=O) groups excluding carboxylic acids is 1. The Morgan fingerprint density at radius 3 is 2.65 bits per heavy atom. The van der Waals surface area contributed by atoms with Gasteiger partial charge in [-0.3, -0.25) is 4.79 Å². The van der Waals surface area contributed by atoms with E-state index in [1.807, 2.05) is 30.3 Å². The molecule has 0 saturated carbocycles. The van der Waals surface area contributed by atoms with Crippen molar-refractivity contribution in [3.8, 4) is 0 Å². The maximum Gasteiger partial charge on any atom is 0.249 e. The number of nitrogens with one attached hydrogen (secondary N) is 1. The van der Waals surface area contributed by atoms with Crippen LogP contribution in [0, 0.1) is 5.82 Å². The maximum absolute atomic E-state index is 13.1. The van der Waals surface area contributed by atoms with Crippen LogP contribution in [0.2, 0.25) is 0 Å². The smallest absolute Gasteiger partial charge is 0.249 e. The van der Waals surface area contributed by atoms with E-state index in [0.717, 1.165) is 5.69 Å². The van der Waals surface area contributed by atoms with Crippen LogP contribution < -0.4 is 10.2 Å². The Morgan fingerprint density at radius 1 is 1.10 bits per heavy atom. The van der Waals surface area contributed by atoms with Crippen LogP contribution in [0.15, 0.2) is 54.6 Å². The molecule has 1 aliphatic rings. The molecule has 1 amide bonds. The SMILES string of the molecule is O=C1C(Nc2cccc(F)c2)CCN1c1ccccc1. The molecule has 20 heavy (non-hydrogen) atoms. The molecule has 1 saturated heterocycles. The number of rotatable bonds is 3. The third kappa shape index (κ3) is 2.50. The molecule has 0 bridgehead atoms. The second-order valence-electron chi connectivity index (χ2n) is 4.82. The highest BCUT2D eigenvalue weighted by molar-refractivity contribution is 6.00. The summed E-state index contributed by atoms with van der Waals surface area (Å²) in [5.74, 6) is -0.277. The molecule has 3 nitrogen and oxygen atoms in total. The molecule has 4 heteroatoms. The molecule has 3 rings (SSSR count). The first-order valence-electron chi connectivity index (χ1n) is 6.62. The van der Waals surface area contributed by atoms with Crippen molar-refractivity contribution in [3.63, 3.8) is 0 Å². The summed E-state index contributed by atoms with van der Waals surface area (Å²) in [5.41, 5.74) is 1.54. The van der Waals surface area contributed by atoms with Crippen LogP contribution in [0.25, 0.3) is 0 Å². The average molecular weight is 270 g/mol. The Labute approximate surface area is 117 Å². The molecular formula is C16H15FN2O. The lowest BCUT2D eigenvalue weighted by Gasteiger charge is -2.17. The molecule has 1 N–H and O–H groups in total. The first kappa shape index (κ1) is 12.7. The average Bonchev–Trinajstić information content (AvgIpc) is 2.81. The van der Waals surface area contributed by atoms with Crippen LogP contribution in [0.4, 0.5) is 15.8 Å². The van der Waals surface area contributed by atoms with Crippen LogP contribution in [0.1, 0.15) is 6.42 Å². The molecule has 2 aromatic rings. The Kier molecular flexibility index (Phi) is 3.37. The number of halogens is 1. The number of para-hydroxylation sites is 1. The number of carbonyl (C=O) groups is 1. The molecule has 102 valence electrons. The van der Waals surface area contributed by atoms with Crippen molar-refractivity contribution in [2.45, 2.75) is 12.5 Å². The van der Waals surface area contributed by atoms with Gasteiger partial charge in [0.2, 0.25) is 5.91 Å². The Bertz CT molecular complexity index is 615. The predicted octanol–water partition coefficient (Wildman–Crippen LogP) is 3.04. The van der Waals surface area contributed by atoms with Crippen LogP contribution in [-0.4, -0.2) is 18.5 Å². The fraction of sp³-hybridized carbons (Fsp3) is 0.188. The summed E-state index contributed by atoms with van der Waals surface area (Å²) in [7, 11) is 0. The van der Waals surface area contributed by atoms with Gasteiger partial charge in [0.15, 0.2) is 0 Å². The van der Waals surface area contributed by atoms with E-state index in [2.05, 4.69) is 5.32 Å². The molecule has 1 atom stereocenters. The predicted molar refractivity (Wildman–Crippen MR) is 77.2 cm³/mol. The second kappa shape index (κ2) is 5.33. The summed E-state index contributed by atoms with van der Waals surface area (Å²) >= 11 is 0. The standard InChI is InChI=1S/C16H15FN2O/c17-12-5-4-6-13(11-12)18-15-9-10-19(16(15)20)14-7-2-1-3-8-14/h1-8,11,15,18H,9-10H2. The summed E-state index contributed by atoms with van der Waals surface area (Å²) in [6.45, 7) is 0.676. The van der Waals surface area contributed by atoms with E-state index in [9.17, 15) is 9.18 Å². The second-order valence-corrected chi connectivity index (χ2v) is 4.82. The monoisotopic (exact) mass is 270 g/mol. The Hall–Kier alpha value is -2.36. The number of nitrogens with zero attached hydrogens (tertiary/aromatic N) is 1. The Balaban J connectivity index is 1.73. The van der Waals surface area contributed by atoms with E-state index >= 15 is 0 Å². The topological polar surface area (TPSA) is 32.3 Å². The number of anilines is 2. The number of hydrogen-bond acceptors (Lipinski definition) is 2. The van der Waals surface area contributed by atoms with Gasteiger partial charge in [-0.1, -0.05) is 24.3 Å². The van der Waals surface area contributed by atoms with Gasteiger partial charge in [0.1, 0.15) is 11.9 Å². The van der Waals surface area contributed by atoms with Crippen LogP contribution in [0.5, 0.6) is 0 Å². The molecule has 0 aliphatic carbocycles. The minimum atomic E-state index is -0.305. The maximum atomic E-state index is 13.1. The van der Waals surface area contributed by atoms with Crippen molar-refractivity contribution < 1.29 is 9.18 Å². The van der Waals surface area contributed by atoms with Gasteiger partial charge < -0.3 is 10.2 Å². The van der Waals surface area contributed by atoms with Gasteiger partial charge >= 0.3 is 0 Å². The quantitative estimate of drug-likeness (QED) is 0.929. The van der Waals surface area contributed by atoms with E-state index in [-0.39, 0.29) is 17.8 Å². The highest BCUT2D eigenvalue weighted by atomic mass is 19.1. The summed E-state index contributed by atoms with van der Waals surface area (Å²) < 4.78 is 13.1. The van der Waals surface area contributed by atoms with E-state index in [0.29, 0.717) is 18.7 Å². The lowest BCUT2D eigenvalue weighted by Crippen LogP contribution is -2.33. The van der Waals surface area contributed by atoms with Crippen molar-refractivity contribution in [2.75, 3.05) is 16.8 Å². The minimum Gasteiger partial charge on any atom is -0.374 e. The summed E-state index contributed by atoms with van der Waals surface area (Å²) in [4.78, 5) is 14.1. The summed E-state index contributed by atoms with van der Waals surface area (Å²) in [6, 6.07) is 15.5. The molecule has 0 spiro atoms. The van der Waals surface area contributed by atoms with Crippen LogP contribution in [0.3, 0.4) is 0 Å². The Morgan fingerprint density at radius 2 is 1.90 bits per heavy atom. The van der Waals surface area contributed by atoms with Gasteiger partial charge in [0.05, 0.1) is 0 Å². The van der Waals surface area contributed by atoms with Crippen molar-refractivity contribution in [1.82, 2.24) is 0 Å². The minimum absolute atomic E-state index is 0.0282. The van der Waals surface area contributed by atoms with Crippen molar-refractivity contribution in [3.05, 3.63) is 60.4 Å². The van der Waals surface area contributed by atoms with E-state index in [1.54, 1.807) is 17.0 Å². The highest BCUT2D eigenvalue weighted by Gasteiger charge is 2.32. The molecular weight excluding hydrogens is 255 g/mol. The zero-order chi connectivity index (χ0) is 13.9. The van der Waals surface area contributed by atoms with Gasteiger partial charge in [-0.05, 0) is 36.8 Å². The number of hydrogen-bond donors (Lipinski definition) is 1. The van der Waals surface area contributed by atoms with Crippen LogP contribution in [-0.2, 0) is 4.79 Å². The van der Waals surface area contributed by atoms with Gasteiger partial charge in [-0.25, -0.2) is 4.39 Å². The summed E-state index contributed by atoms with van der Waals surface area (Å²) in [5, 5.41) is 3.10. The zero-order valence-electron chi connectivity index (χ0n) is 10.9. The first-order chi connectivity index (χ1) is 9.74. The summed E-state index contributed by atoms with van der Waals surface area (Å²) in [6.07, 6.45) is 0.713. The van der Waals surface area contributed by atoms with Crippen molar-refractivity contribution in [1.29, 1.82) is 0 Å². The normalized spacial score (nSPS) is 18.4. The third-order valence-corrected chi connectivity index (χ3v) is 3.44. The van der Waals surface area contributed by atoms with Crippen molar-refractivity contribution in [2.24, 2.45) is 0 Å². The highest BCUT2D eigenvalue weighted by Crippen LogP contribution is 2.23. The lowest BCUT2D eigenvalue weighted by molar-refractivity contribution is -0.117. The van der Waals surface area contributed by atoms with Gasteiger partial charge in [0.25, 0.3) is 0 Å². The molecule has 2 aromatic carbocycles. The fourth-order valence-electron chi connectivity index (χ4n) is 2.46. The number of benzene rings is 2. The van der Waals surface area contributed by atoms with E-state index in [4.69, 9.17) is 0 Å². The van der Waals surface area contributed by atoms with Gasteiger partial charge in [-0.2, -0.15) is 0 Å². The van der Waals surface area contributed by atoms with Crippen molar-refractivity contribution >= 4 is 17.3 Å². The zero-order valence-corrected chi connectivity index (χ0v) is 10.9. The van der Waals surface area contributed by atoms with E-state index in [1.165, 1.54) is 12.1 Å². The molecule has 1 unspecified atom stereocenters. The third-order valence-electron chi connectivity index (χ3n) is 3.44. The van der Waals surface area contributed by atoms with Crippen LogP contribution >= 0.6 is 0 Å². The molecule has 1 fully saturated rings. The molecule has 0 radical (unpaired) electrons. The largest absolute Gasteiger partial charge is 0.374 e. The van der Waals surface area contributed by atoms with Gasteiger partial charge in [-0.15, -0.1) is 0 Å². The lowest BCUT2D eigenvalue weighted by atomic mass is 10.2. The van der Waals surface area contributed by atoms with Gasteiger partial charge in [0, 0.05) is 17.9 Å².